The van der Waals surface area contributed by atoms with Gasteiger partial charge in [0.05, 0.1) is 23.6 Å². The SMILES string of the molecule is c1ccc(C(=Nc2ccc(C3OC4CNC3C4)cc2)c2ccccc2)cc1. The summed E-state index contributed by atoms with van der Waals surface area (Å²) in [4.78, 5) is 4.97. The van der Waals surface area contributed by atoms with E-state index in [1.165, 1.54) is 5.56 Å². The first-order valence-electron chi connectivity index (χ1n) is 9.55. The number of rotatable bonds is 4. The van der Waals surface area contributed by atoms with Gasteiger partial charge in [0.15, 0.2) is 0 Å². The maximum Gasteiger partial charge on any atom is 0.0983 e. The third kappa shape index (κ3) is 3.32. The molecule has 0 amide bonds. The minimum absolute atomic E-state index is 0.171. The first kappa shape index (κ1) is 16.4. The fourth-order valence-corrected chi connectivity index (χ4v) is 4.04. The Morgan fingerprint density at radius 1 is 0.815 bits per heavy atom. The number of fused-ring (bicyclic) bond motifs is 2. The summed E-state index contributed by atoms with van der Waals surface area (Å²) in [5, 5.41) is 3.54. The summed E-state index contributed by atoms with van der Waals surface area (Å²) in [6.45, 7) is 0.987. The van der Waals surface area contributed by atoms with Crippen molar-refractivity contribution in [2.45, 2.75) is 24.7 Å². The fraction of sp³-hybridized carbons (Fsp3) is 0.208. The minimum atomic E-state index is 0.171. The van der Waals surface area contributed by atoms with Crippen molar-refractivity contribution >= 4 is 11.4 Å². The van der Waals surface area contributed by atoms with Crippen LogP contribution in [0.1, 0.15) is 29.2 Å². The number of hydrogen-bond donors (Lipinski definition) is 1. The van der Waals surface area contributed by atoms with Crippen LogP contribution in [0.5, 0.6) is 0 Å². The monoisotopic (exact) mass is 354 g/mol. The van der Waals surface area contributed by atoms with Gasteiger partial charge in [0.2, 0.25) is 0 Å². The van der Waals surface area contributed by atoms with Crippen LogP contribution in [0.25, 0.3) is 0 Å². The molecule has 3 aromatic carbocycles. The zero-order chi connectivity index (χ0) is 18.1. The highest BCUT2D eigenvalue weighted by atomic mass is 16.5. The van der Waals surface area contributed by atoms with Crippen LogP contribution in [0.4, 0.5) is 5.69 Å². The van der Waals surface area contributed by atoms with Crippen LogP contribution < -0.4 is 5.32 Å². The zero-order valence-corrected chi connectivity index (χ0v) is 15.1. The van der Waals surface area contributed by atoms with E-state index in [0.29, 0.717) is 12.1 Å². The second kappa shape index (κ2) is 7.10. The first-order chi connectivity index (χ1) is 13.4. The predicted octanol–water partition coefficient (Wildman–Crippen LogP) is 4.66. The van der Waals surface area contributed by atoms with E-state index in [-0.39, 0.29) is 6.10 Å². The Hall–Kier alpha value is -2.75. The van der Waals surface area contributed by atoms with E-state index >= 15 is 0 Å². The predicted molar refractivity (Wildman–Crippen MR) is 109 cm³/mol. The maximum absolute atomic E-state index is 6.11. The quantitative estimate of drug-likeness (QED) is 0.692. The number of ether oxygens (including phenoxy) is 1. The standard InChI is InChI=1S/C24H22N2O/c1-3-7-17(8-4-1)23(18-9-5-2-6-10-18)26-20-13-11-19(12-14-20)24-22-15-21(27-24)16-25-22/h1-14,21-22,24-25H,15-16H2. The molecule has 2 aliphatic rings. The summed E-state index contributed by atoms with van der Waals surface area (Å²) in [7, 11) is 0. The van der Waals surface area contributed by atoms with Gasteiger partial charge in [-0.25, -0.2) is 4.99 Å². The van der Waals surface area contributed by atoms with Gasteiger partial charge in [-0.1, -0.05) is 72.8 Å². The van der Waals surface area contributed by atoms with Gasteiger partial charge in [-0.2, -0.15) is 0 Å². The van der Waals surface area contributed by atoms with Crippen LogP contribution >= 0.6 is 0 Å². The van der Waals surface area contributed by atoms with Gasteiger partial charge in [-0.15, -0.1) is 0 Å². The van der Waals surface area contributed by atoms with E-state index in [9.17, 15) is 0 Å². The molecule has 2 saturated heterocycles. The van der Waals surface area contributed by atoms with E-state index in [2.05, 4.69) is 78.1 Å². The van der Waals surface area contributed by atoms with Gasteiger partial charge in [0, 0.05) is 23.7 Å². The van der Waals surface area contributed by atoms with Crippen LogP contribution in [0.2, 0.25) is 0 Å². The number of nitrogens with one attached hydrogen (secondary N) is 1. The molecule has 0 aromatic heterocycles. The molecule has 0 aliphatic carbocycles. The van der Waals surface area contributed by atoms with Gasteiger partial charge < -0.3 is 10.1 Å². The number of hydrogen-bond acceptors (Lipinski definition) is 3. The summed E-state index contributed by atoms with van der Waals surface area (Å²) < 4.78 is 6.11. The molecule has 0 spiro atoms. The zero-order valence-electron chi connectivity index (χ0n) is 15.1. The lowest BCUT2D eigenvalue weighted by atomic mass is 10.0. The Bertz CT molecular complexity index is 894. The molecule has 0 radical (unpaired) electrons. The second-order valence-electron chi connectivity index (χ2n) is 7.21. The van der Waals surface area contributed by atoms with Crippen molar-refractivity contribution in [2.75, 3.05) is 6.54 Å². The summed E-state index contributed by atoms with van der Waals surface area (Å²) in [5.41, 5.74) is 5.41. The van der Waals surface area contributed by atoms with Crippen LogP contribution in [0.3, 0.4) is 0 Å². The smallest absolute Gasteiger partial charge is 0.0983 e. The van der Waals surface area contributed by atoms with E-state index in [4.69, 9.17) is 9.73 Å². The van der Waals surface area contributed by atoms with Crippen molar-refractivity contribution in [3.8, 4) is 0 Å². The van der Waals surface area contributed by atoms with Crippen molar-refractivity contribution in [1.82, 2.24) is 5.32 Å². The first-order valence-corrected chi connectivity index (χ1v) is 9.55. The number of morpholine rings is 1. The largest absolute Gasteiger partial charge is 0.367 e. The average molecular weight is 354 g/mol. The third-order valence-electron chi connectivity index (χ3n) is 5.39. The molecule has 3 atom stereocenters. The molecule has 0 saturated carbocycles. The minimum Gasteiger partial charge on any atom is -0.367 e. The van der Waals surface area contributed by atoms with Crippen LogP contribution in [-0.2, 0) is 4.74 Å². The van der Waals surface area contributed by atoms with Crippen LogP contribution in [0.15, 0.2) is 89.9 Å². The van der Waals surface area contributed by atoms with E-state index in [1.807, 2.05) is 12.1 Å². The molecule has 3 nitrogen and oxygen atoms in total. The molecule has 134 valence electrons. The Balaban J connectivity index is 1.47. The molecule has 3 unspecified atom stereocenters. The van der Waals surface area contributed by atoms with Gasteiger partial charge in [0.1, 0.15) is 0 Å². The van der Waals surface area contributed by atoms with Crippen molar-refractivity contribution < 1.29 is 4.74 Å². The van der Waals surface area contributed by atoms with Crippen LogP contribution in [-0.4, -0.2) is 24.4 Å². The summed E-state index contributed by atoms with van der Waals surface area (Å²) in [6, 6.07) is 29.6. The fourth-order valence-electron chi connectivity index (χ4n) is 4.04. The lowest BCUT2D eigenvalue weighted by Gasteiger charge is -2.23. The average Bonchev–Trinajstić information content (AvgIpc) is 3.37. The van der Waals surface area contributed by atoms with Crippen molar-refractivity contribution in [3.05, 3.63) is 102 Å². The van der Waals surface area contributed by atoms with Crippen molar-refractivity contribution in [2.24, 2.45) is 4.99 Å². The molecule has 3 aromatic rings. The second-order valence-corrected chi connectivity index (χ2v) is 7.21. The molecule has 1 N–H and O–H groups in total. The van der Waals surface area contributed by atoms with Crippen molar-refractivity contribution in [1.29, 1.82) is 0 Å². The molecular formula is C24H22N2O. The molecule has 27 heavy (non-hydrogen) atoms. The number of nitrogens with zero attached hydrogens (tertiary/aromatic N) is 1. The molecule has 2 fully saturated rings. The third-order valence-corrected chi connectivity index (χ3v) is 5.39. The number of aliphatic imine (C=N–C) groups is 1. The molecule has 3 heteroatoms. The Morgan fingerprint density at radius 3 is 1.96 bits per heavy atom. The van der Waals surface area contributed by atoms with Gasteiger partial charge in [0.25, 0.3) is 0 Å². The molecule has 2 aliphatic heterocycles. The molecule has 5 rings (SSSR count). The van der Waals surface area contributed by atoms with E-state index < -0.39 is 0 Å². The lowest BCUT2D eigenvalue weighted by Crippen LogP contribution is -2.33. The van der Waals surface area contributed by atoms with E-state index in [0.717, 1.165) is 35.5 Å². The summed E-state index contributed by atoms with van der Waals surface area (Å²) in [5.74, 6) is 0. The molecule has 2 heterocycles. The summed E-state index contributed by atoms with van der Waals surface area (Å²) >= 11 is 0. The topological polar surface area (TPSA) is 33.6 Å². The molecular weight excluding hydrogens is 332 g/mol. The highest BCUT2D eigenvalue weighted by Gasteiger charge is 2.41. The Kier molecular flexibility index (Phi) is 4.32. The van der Waals surface area contributed by atoms with Crippen molar-refractivity contribution in [3.63, 3.8) is 0 Å². The van der Waals surface area contributed by atoms with Gasteiger partial charge in [-0.05, 0) is 24.1 Å². The molecule has 2 bridgehead atoms. The Labute approximate surface area is 159 Å². The Morgan fingerprint density at radius 2 is 1.44 bits per heavy atom. The van der Waals surface area contributed by atoms with Gasteiger partial charge in [-0.3, -0.25) is 0 Å². The van der Waals surface area contributed by atoms with Crippen LogP contribution in [0, 0.1) is 0 Å². The number of benzene rings is 3. The normalized spacial score (nSPS) is 23.3. The highest BCUT2D eigenvalue weighted by molar-refractivity contribution is 6.13. The lowest BCUT2D eigenvalue weighted by molar-refractivity contribution is 0.0160. The maximum atomic E-state index is 6.11. The summed E-state index contributed by atoms with van der Waals surface area (Å²) in [6.07, 6.45) is 1.67. The van der Waals surface area contributed by atoms with Gasteiger partial charge >= 0.3 is 0 Å². The highest BCUT2D eigenvalue weighted by Crippen LogP contribution is 2.37. The van der Waals surface area contributed by atoms with E-state index in [1.54, 1.807) is 0 Å².